The maximum absolute atomic E-state index is 11.2. The molecule has 0 aliphatic rings. The number of rotatable bonds is 7. The van der Waals surface area contributed by atoms with E-state index < -0.39 is 0 Å². The highest BCUT2D eigenvalue weighted by atomic mass is 16.3. The Morgan fingerprint density at radius 1 is 1.43 bits per heavy atom. The van der Waals surface area contributed by atoms with Crippen LogP contribution in [0.1, 0.15) is 27.2 Å². The van der Waals surface area contributed by atoms with Crippen molar-refractivity contribution in [2.24, 2.45) is 5.41 Å². The van der Waals surface area contributed by atoms with Gasteiger partial charge in [0.25, 0.3) is 0 Å². The van der Waals surface area contributed by atoms with Crippen LogP contribution in [0.25, 0.3) is 0 Å². The zero-order chi connectivity index (χ0) is 11.0. The van der Waals surface area contributed by atoms with Gasteiger partial charge in [0.05, 0.1) is 6.54 Å². The van der Waals surface area contributed by atoms with Crippen LogP contribution in [0, 0.1) is 5.41 Å². The van der Waals surface area contributed by atoms with Crippen molar-refractivity contribution in [2.45, 2.75) is 27.2 Å². The van der Waals surface area contributed by atoms with Crippen molar-refractivity contribution in [1.82, 2.24) is 10.6 Å². The normalized spacial score (nSPS) is 11.4. The number of likely N-dealkylation sites (N-methyl/N-ethyl adjacent to an activating group) is 1. The molecule has 84 valence electrons. The summed E-state index contributed by atoms with van der Waals surface area (Å²) in [6, 6.07) is 0. The molecule has 0 atom stereocenters. The van der Waals surface area contributed by atoms with Crippen molar-refractivity contribution in [3.05, 3.63) is 0 Å². The fraction of sp³-hybridized carbons (Fsp3) is 0.900. The van der Waals surface area contributed by atoms with Crippen LogP contribution in [0.5, 0.6) is 0 Å². The first-order valence-corrected chi connectivity index (χ1v) is 5.10. The van der Waals surface area contributed by atoms with Gasteiger partial charge in [0.15, 0.2) is 0 Å². The molecule has 1 amide bonds. The number of amides is 1. The molecule has 0 aliphatic heterocycles. The van der Waals surface area contributed by atoms with Crippen molar-refractivity contribution in [2.75, 3.05) is 26.2 Å². The van der Waals surface area contributed by atoms with Gasteiger partial charge < -0.3 is 15.7 Å². The summed E-state index contributed by atoms with van der Waals surface area (Å²) in [4.78, 5) is 11.2. The molecule has 0 bridgehead atoms. The lowest BCUT2D eigenvalue weighted by atomic mass is 9.90. The summed E-state index contributed by atoms with van der Waals surface area (Å²) in [5, 5.41) is 14.6. The molecule has 0 aliphatic carbocycles. The second kappa shape index (κ2) is 6.79. The quantitative estimate of drug-likeness (QED) is 0.549. The van der Waals surface area contributed by atoms with Crippen LogP contribution in [0.2, 0.25) is 0 Å². The summed E-state index contributed by atoms with van der Waals surface area (Å²) in [6.07, 6.45) is 0.703. The number of hydrogen-bond donors (Lipinski definition) is 3. The third-order valence-corrected chi connectivity index (χ3v) is 2.09. The van der Waals surface area contributed by atoms with Gasteiger partial charge >= 0.3 is 0 Å². The number of hydrogen-bond acceptors (Lipinski definition) is 3. The SMILES string of the molecule is CCNCC(=O)NCC(C)(C)CCO. The van der Waals surface area contributed by atoms with Gasteiger partial charge in [-0.05, 0) is 18.4 Å². The van der Waals surface area contributed by atoms with Crippen LogP contribution >= 0.6 is 0 Å². The predicted molar refractivity (Wildman–Crippen MR) is 57.0 cm³/mol. The summed E-state index contributed by atoms with van der Waals surface area (Å²) in [5.41, 5.74) is -0.0311. The maximum atomic E-state index is 11.2. The number of carbonyl (C=O) groups is 1. The van der Waals surface area contributed by atoms with E-state index in [4.69, 9.17) is 5.11 Å². The summed E-state index contributed by atoms with van der Waals surface area (Å²) < 4.78 is 0. The van der Waals surface area contributed by atoms with Crippen LogP contribution in [-0.2, 0) is 4.79 Å². The van der Waals surface area contributed by atoms with E-state index in [0.717, 1.165) is 6.54 Å². The van der Waals surface area contributed by atoms with E-state index in [1.54, 1.807) is 0 Å². The Kier molecular flexibility index (Phi) is 6.49. The van der Waals surface area contributed by atoms with E-state index in [2.05, 4.69) is 10.6 Å². The second-order valence-corrected chi connectivity index (χ2v) is 4.19. The summed E-state index contributed by atoms with van der Waals surface area (Å²) in [5.74, 6) is 0.0119. The first-order chi connectivity index (χ1) is 6.52. The number of nitrogens with one attached hydrogen (secondary N) is 2. The van der Waals surface area contributed by atoms with E-state index in [0.29, 0.717) is 19.5 Å². The first kappa shape index (κ1) is 13.4. The Bertz CT molecular complexity index is 170. The van der Waals surface area contributed by atoms with Crippen molar-refractivity contribution in [3.63, 3.8) is 0 Å². The monoisotopic (exact) mass is 202 g/mol. The van der Waals surface area contributed by atoms with Crippen LogP contribution < -0.4 is 10.6 Å². The van der Waals surface area contributed by atoms with Crippen LogP contribution in [0.3, 0.4) is 0 Å². The molecule has 0 aromatic heterocycles. The van der Waals surface area contributed by atoms with Gasteiger partial charge in [-0.2, -0.15) is 0 Å². The average molecular weight is 202 g/mol. The van der Waals surface area contributed by atoms with Crippen LogP contribution in [0.4, 0.5) is 0 Å². The summed E-state index contributed by atoms with van der Waals surface area (Å²) in [7, 11) is 0. The Morgan fingerprint density at radius 2 is 2.07 bits per heavy atom. The molecular weight excluding hydrogens is 180 g/mol. The van der Waals surface area contributed by atoms with E-state index >= 15 is 0 Å². The van der Waals surface area contributed by atoms with Gasteiger partial charge in [-0.15, -0.1) is 0 Å². The van der Waals surface area contributed by atoms with Crippen LogP contribution in [-0.4, -0.2) is 37.3 Å². The minimum Gasteiger partial charge on any atom is -0.396 e. The molecular formula is C10H22N2O2. The molecule has 4 heteroatoms. The van der Waals surface area contributed by atoms with Crippen molar-refractivity contribution < 1.29 is 9.90 Å². The Hall–Kier alpha value is -0.610. The molecule has 0 aromatic carbocycles. The number of carbonyl (C=O) groups excluding carboxylic acids is 1. The zero-order valence-electron chi connectivity index (χ0n) is 9.39. The topological polar surface area (TPSA) is 61.4 Å². The first-order valence-electron chi connectivity index (χ1n) is 5.10. The molecule has 0 saturated carbocycles. The molecule has 0 heterocycles. The average Bonchev–Trinajstić information content (AvgIpc) is 2.11. The summed E-state index contributed by atoms with van der Waals surface area (Å²) >= 11 is 0. The smallest absolute Gasteiger partial charge is 0.233 e. The lowest BCUT2D eigenvalue weighted by Gasteiger charge is -2.23. The largest absolute Gasteiger partial charge is 0.396 e. The molecule has 0 rings (SSSR count). The van der Waals surface area contributed by atoms with Crippen LogP contribution in [0.15, 0.2) is 0 Å². The molecule has 14 heavy (non-hydrogen) atoms. The van der Waals surface area contributed by atoms with Gasteiger partial charge in [0.2, 0.25) is 5.91 Å². The highest BCUT2D eigenvalue weighted by Crippen LogP contribution is 2.17. The van der Waals surface area contributed by atoms with E-state index in [9.17, 15) is 4.79 Å². The fourth-order valence-corrected chi connectivity index (χ4v) is 1.03. The highest BCUT2D eigenvalue weighted by molar-refractivity contribution is 5.77. The fourth-order valence-electron chi connectivity index (χ4n) is 1.03. The Labute approximate surface area is 86.1 Å². The molecule has 0 saturated heterocycles. The van der Waals surface area contributed by atoms with Crippen molar-refractivity contribution >= 4 is 5.91 Å². The second-order valence-electron chi connectivity index (χ2n) is 4.19. The molecule has 0 unspecified atom stereocenters. The minimum absolute atomic E-state index is 0.0119. The molecule has 0 aromatic rings. The zero-order valence-corrected chi connectivity index (χ0v) is 9.39. The lowest BCUT2D eigenvalue weighted by molar-refractivity contribution is -0.120. The van der Waals surface area contributed by atoms with Gasteiger partial charge in [-0.25, -0.2) is 0 Å². The molecule has 4 nitrogen and oxygen atoms in total. The van der Waals surface area contributed by atoms with Crippen molar-refractivity contribution in [3.8, 4) is 0 Å². The number of aliphatic hydroxyl groups excluding tert-OH is 1. The highest BCUT2D eigenvalue weighted by Gasteiger charge is 2.17. The lowest BCUT2D eigenvalue weighted by Crippen LogP contribution is -2.39. The Balaban J connectivity index is 3.64. The standard InChI is InChI=1S/C10H22N2O2/c1-4-11-7-9(14)12-8-10(2,3)5-6-13/h11,13H,4-8H2,1-3H3,(H,12,14). The Morgan fingerprint density at radius 3 is 2.57 bits per heavy atom. The third-order valence-electron chi connectivity index (χ3n) is 2.09. The molecule has 0 fully saturated rings. The predicted octanol–water partition coefficient (Wildman–Crippen LogP) is 0.121. The third kappa shape index (κ3) is 6.86. The molecule has 0 spiro atoms. The minimum atomic E-state index is -0.0311. The van der Waals surface area contributed by atoms with Crippen molar-refractivity contribution in [1.29, 1.82) is 0 Å². The van der Waals surface area contributed by atoms with Gasteiger partial charge in [-0.3, -0.25) is 4.79 Å². The maximum Gasteiger partial charge on any atom is 0.233 e. The van der Waals surface area contributed by atoms with E-state index in [-0.39, 0.29) is 17.9 Å². The van der Waals surface area contributed by atoms with E-state index in [1.165, 1.54) is 0 Å². The molecule has 3 N–H and O–H groups in total. The number of aliphatic hydroxyl groups is 1. The van der Waals surface area contributed by atoms with Gasteiger partial charge in [0.1, 0.15) is 0 Å². The van der Waals surface area contributed by atoms with Gasteiger partial charge in [-0.1, -0.05) is 20.8 Å². The summed E-state index contributed by atoms with van der Waals surface area (Å²) in [6.45, 7) is 7.95. The van der Waals surface area contributed by atoms with Gasteiger partial charge in [0, 0.05) is 13.2 Å². The van der Waals surface area contributed by atoms with E-state index in [1.807, 2.05) is 20.8 Å². The molecule has 0 radical (unpaired) electrons.